The standard InChI is InChI=1S/C34H52O7/c1-19(21(3)30(39)40)9-10-20(2)22-13-16-33(7)23-11-12-25-31(4,5)27(41-29(38)18-28(36)37)14-15-32(25,6)24(23)17-26(35)34(22,33)8/h20-22,25-27,35H,1,9-18H2,2-8H3,(H,36,37)(H,39,40)/t20-,21-,22-,25-,26+,27-,32-,33+,34+/m1/s1. The van der Waals surface area contributed by atoms with Crippen LogP contribution in [0.2, 0.25) is 0 Å². The third kappa shape index (κ3) is 4.98. The Morgan fingerprint density at radius 2 is 1.66 bits per heavy atom. The van der Waals surface area contributed by atoms with Gasteiger partial charge >= 0.3 is 17.9 Å². The molecule has 0 saturated heterocycles. The number of aliphatic carboxylic acids is 2. The van der Waals surface area contributed by atoms with Crippen LogP contribution in [0.15, 0.2) is 23.3 Å². The topological polar surface area (TPSA) is 121 Å². The number of carbonyl (C=O) groups is 3. The molecule has 9 atom stereocenters. The highest BCUT2D eigenvalue weighted by atomic mass is 16.5. The monoisotopic (exact) mass is 572 g/mol. The Balaban J connectivity index is 1.59. The Labute approximate surface area is 245 Å². The quantitative estimate of drug-likeness (QED) is 0.158. The maximum atomic E-state index is 12.3. The number of aliphatic hydroxyl groups is 1. The van der Waals surface area contributed by atoms with E-state index in [2.05, 4.69) is 48.1 Å². The molecule has 41 heavy (non-hydrogen) atoms. The Morgan fingerprint density at radius 3 is 2.27 bits per heavy atom. The van der Waals surface area contributed by atoms with Crippen LogP contribution in [0.3, 0.4) is 0 Å². The van der Waals surface area contributed by atoms with Crippen molar-refractivity contribution in [1.29, 1.82) is 0 Å². The van der Waals surface area contributed by atoms with E-state index < -0.39 is 36.4 Å². The number of rotatable bonds is 9. The molecule has 2 fully saturated rings. The van der Waals surface area contributed by atoms with Crippen LogP contribution in [0.4, 0.5) is 0 Å². The molecule has 2 saturated carbocycles. The van der Waals surface area contributed by atoms with Crippen LogP contribution in [-0.4, -0.2) is 45.4 Å². The van der Waals surface area contributed by atoms with Crippen LogP contribution in [0, 0.1) is 45.3 Å². The number of ether oxygens (including phenoxy) is 1. The molecule has 3 N–H and O–H groups in total. The molecule has 230 valence electrons. The van der Waals surface area contributed by atoms with E-state index in [-0.39, 0.29) is 33.7 Å². The van der Waals surface area contributed by atoms with Crippen LogP contribution >= 0.6 is 0 Å². The minimum absolute atomic E-state index is 0.104. The molecular formula is C34H52O7. The fraction of sp³-hybridized carbons (Fsp3) is 0.794. The first-order valence-electron chi connectivity index (χ1n) is 15.6. The molecule has 0 aromatic heterocycles. The maximum Gasteiger partial charge on any atom is 0.317 e. The lowest BCUT2D eigenvalue weighted by Gasteiger charge is -2.63. The maximum absolute atomic E-state index is 12.3. The number of fused-ring (bicyclic) bond motifs is 4. The fourth-order valence-corrected chi connectivity index (χ4v) is 10.2. The van der Waals surface area contributed by atoms with Gasteiger partial charge in [-0.1, -0.05) is 64.8 Å². The summed E-state index contributed by atoms with van der Waals surface area (Å²) in [6.45, 7) is 19.4. The summed E-state index contributed by atoms with van der Waals surface area (Å²) in [4.78, 5) is 34.8. The third-order valence-corrected chi connectivity index (χ3v) is 13.0. The number of carboxylic acid groups (broad SMARTS) is 2. The molecule has 7 nitrogen and oxygen atoms in total. The molecule has 0 unspecified atom stereocenters. The fourth-order valence-electron chi connectivity index (χ4n) is 10.2. The highest BCUT2D eigenvalue weighted by Crippen LogP contribution is 2.72. The van der Waals surface area contributed by atoms with Gasteiger partial charge < -0.3 is 20.1 Å². The van der Waals surface area contributed by atoms with Crippen molar-refractivity contribution in [2.45, 2.75) is 125 Å². The van der Waals surface area contributed by atoms with Crippen molar-refractivity contribution >= 4 is 17.9 Å². The van der Waals surface area contributed by atoms with Gasteiger partial charge in [0.1, 0.15) is 12.5 Å². The van der Waals surface area contributed by atoms with Gasteiger partial charge in [-0.25, -0.2) is 0 Å². The molecule has 0 aromatic rings. The normalized spacial score (nSPS) is 39.1. The highest BCUT2D eigenvalue weighted by molar-refractivity contribution is 5.90. The second-order valence-electron chi connectivity index (χ2n) is 15.1. The van der Waals surface area contributed by atoms with Crippen LogP contribution in [0.1, 0.15) is 113 Å². The number of hydrogen-bond acceptors (Lipinski definition) is 5. The molecule has 0 heterocycles. The van der Waals surface area contributed by atoms with E-state index in [0.717, 1.165) is 44.1 Å². The molecule has 4 aliphatic carbocycles. The van der Waals surface area contributed by atoms with Gasteiger partial charge in [0.05, 0.1) is 12.0 Å². The summed E-state index contributed by atoms with van der Waals surface area (Å²) in [7, 11) is 0. The minimum atomic E-state index is -1.17. The van der Waals surface area contributed by atoms with Gasteiger partial charge in [-0.3, -0.25) is 14.4 Å². The van der Waals surface area contributed by atoms with Crippen LogP contribution in [0.5, 0.6) is 0 Å². The molecule has 4 rings (SSSR count). The molecule has 7 heteroatoms. The zero-order valence-corrected chi connectivity index (χ0v) is 26.2. The van der Waals surface area contributed by atoms with Crippen molar-refractivity contribution in [2.24, 2.45) is 45.3 Å². The lowest BCUT2D eigenvalue weighted by molar-refractivity contribution is -0.173. The lowest BCUT2D eigenvalue weighted by Crippen LogP contribution is -2.58. The predicted octanol–water partition coefficient (Wildman–Crippen LogP) is 6.79. The lowest BCUT2D eigenvalue weighted by atomic mass is 9.42. The number of carboxylic acids is 2. The number of hydrogen-bond donors (Lipinski definition) is 3. The van der Waals surface area contributed by atoms with Crippen molar-refractivity contribution in [3.63, 3.8) is 0 Å². The van der Waals surface area contributed by atoms with Gasteiger partial charge in [0.2, 0.25) is 0 Å². The number of aliphatic hydroxyl groups excluding tert-OH is 1. The van der Waals surface area contributed by atoms with Crippen LogP contribution in [-0.2, 0) is 19.1 Å². The van der Waals surface area contributed by atoms with Crippen molar-refractivity contribution in [3.05, 3.63) is 23.3 Å². The number of carbonyl (C=O) groups excluding carboxylic acids is 1. The molecular weight excluding hydrogens is 520 g/mol. The largest absolute Gasteiger partial charge is 0.481 e. The second kappa shape index (κ2) is 10.8. The van der Waals surface area contributed by atoms with E-state index in [9.17, 15) is 24.6 Å². The second-order valence-corrected chi connectivity index (χ2v) is 15.1. The van der Waals surface area contributed by atoms with Crippen molar-refractivity contribution in [1.82, 2.24) is 0 Å². The summed E-state index contributed by atoms with van der Waals surface area (Å²) in [6, 6.07) is 0. The third-order valence-electron chi connectivity index (χ3n) is 13.0. The van der Waals surface area contributed by atoms with Gasteiger partial charge in [0, 0.05) is 10.8 Å². The van der Waals surface area contributed by atoms with Crippen molar-refractivity contribution in [3.8, 4) is 0 Å². The molecule has 0 spiro atoms. The summed E-state index contributed by atoms with van der Waals surface area (Å²) < 4.78 is 5.76. The average molecular weight is 573 g/mol. The first kappa shape index (κ1) is 31.8. The minimum Gasteiger partial charge on any atom is -0.481 e. The van der Waals surface area contributed by atoms with E-state index in [4.69, 9.17) is 9.84 Å². The van der Waals surface area contributed by atoms with E-state index in [0.29, 0.717) is 31.1 Å². The first-order valence-corrected chi connectivity index (χ1v) is 15.6. The van der Waals surface area contributed by atoms with Gasteiger partial charge in [-0.15, -0.1) is 0 Å². The van der Waals surface area contributed by atoms with Gasteiger partial charge in [-0.2, -0.15) is 0 Å². The number of esters is 1. The van der Waals surface area contributed by atoms with E-state index in [1.54, 1.807) is 12.5 Å². The Morgan fingerprint density at radius 1 is 1.00 bits per heavy atom. The van der Waals surface area contributed by atoms with Gasteiger partial charge in [0.15, 0.2) is 0 Å². The molecule has 0 aromatic carbocycles. The predicted molar refractivity (Wildman–Crippen MR) is 157 cm³/mol. The van der Waals surface area contributed by atoms with Crippen molar-refractivity contribution < 1.29 is 34.4 Å². The van der Waals surface area contributed by atoms with Crippen molar-refractivity contribution in [2.75, 3.05) is 0 Å². The number of allylic oxidation sites excluding steroid dienone is 1. The van der Waals surface area contributed by atoms with Crippen LogP contribution in [0.25, 0.3) is 0 Å². The summed E-state index contributed by atoms with van der Waals surface area (Å²) in [5, 5.41) is 30.5. The molecule has 0 aliphatic heterocycles. The van der Waals surface area contributed by atoms with Gasteiger partial charge in [0.25, 0.3) is 0 Å². The molecule has 0 radical (unpaired) electrons. The van der Waals surface area contributed by atoms with E-state index in [1.165, 1.54) is 5.57 Å². The highest BCUT2D eigenvalue weighted by Gasteiger charge is 2.66. The van der Waals surface area contributed by atoms with E-state index in [1.807, 2.05) is 0 Å². The Hall–Kier alpha value is -2.15. The Bertz CT molecular complexity index is 1140. The summed E-state index contributed by atoms with van der Waals surface area (Å²) in [5.74, 6) is -2.26. The zero-order valence-electron chi connectivity index (χ0n) is 26.2. The average Bonchev–Trinajstić information content (AvgIpc) is 3.16. The smallest absolute Gasteiger partial charge is 0.317 e. The first-order chi connectivity index (χ1) is 18.9. The van der Waals surface area contributed by atoms with E-state index >= 15 is 0 Å². The molecule has 0 bridgehead atoms. The van der Waals surface area contributed by atoms with Crippen LogP contribution < -0.4 is 0 Å². The van der Waals surface area contributed by atoms with Gasteiger partial charge in [-0.05, 0) is 93.3 Å². The summed E-state index contributed by atoms with van der Waals surface area (Å²) in [6.07, 6.45) is 6.43. The zero-order chi connectivity index (χ0) is 30.7. The molecule has 4 aliphatic rings. The summed E-state index contributed by atoms with van der Waals surface area (Å²) >= 11 is 0. The SMILES string of the molecule is C=C(CC[C@@H](C)[C@H]1CC[C@@]2(C)C3=C(C[C@H](O)[C@]12C)[C@@]1(C)CC[C@@H](OC(=O)CC(=O)O)C(C)(C)[C@H]1CC3)[C@@H](C)C(=O)O. The molecule has 0 amide bonds. The Kier molecular flexibility index (Phi) is 8.40. The summed E-state index contributed by atoms with van der Waals surface area (Å²) in [5.41, 5.74) is 2.95.